The number of carbonyl (C=O) groups excluding carboxylic acids is 1. The van der Waals surface area contributed by atoms with Gasteiger partial charge in [-0.3, -0.25) is 9.89 Å². The molecule has 32 heavy (non-hydrogen) atoms. The molecule has 0 saturated heterocycles. The van der Waals surface area contributed by atoms with Crippen molar-refractivity contribution >= 4 is 17.5 Å². The predicted octanol–water partition coefficient (Wildman–Crippen LogP) is 4.49. The number of fused-ring (bicyclic) bond motifs is 1. The fourth-order valence-electron chi connectivity index (χ4n) is 4.04. The fourth-order valence-corrected chi connectivity index (χ4v) is 4.22. The third-order valence-electron chi connectivity index (χ3n) is 5.50. The molecule has 8 nitrogen and oxygen atoms in total. The summed E-state index contributed by atoms with van der Waals surface area (Å²) < 4.78 is 10.8. The van der Waals surface area contributed by atoms with Crippen LogP contribution >= 0.6 is 11.6 Å². The third kappa shape index (κ3) is 3.16. The van der Waals surface area contributed by atoms with Crippen molar-refractivity contribution in [2.24, 2.45) is 0 Å². The molecule has 0 saturated carbocycles. The van der Waals surface area contributed by atoms with Crippen LogP contribution in [0.3, 0.4) is 0 Å². The molecule has 9 heteroatoms. The lowest BCUT2D eigenvalue weighted by atomic mass is 9.95. The number of furan rings is 1. The van der Waals surface area contributed by atoms with Crippen molar-refractivity contribution < 1.29 is 24.2 Å². The Bertz CT molecular complexity index is 1320. The third-order valence-corrected chi connectivity index (χ3v) is 5.74. The minimum Gasteiger partial charge on any atom is -0.507 e. The SMILES string of the molecule is COc1cc(C2c3c(-c4cc(Cl)ccc4O)n[nH]c3C(=O)N2Cc2ccco2)ccc1O. The molecule has 2 aromatic carbocycles. The summed E-state index contributed by atoms with van der Waals surface area (Å²) in [6.45, 7) is 0.211. The number of ether oxygens (including phenoxy) is 1. The summed E-state index contributed by atoms with van der Waals surface area (Å²) in [5, 5.41) is 28.1. The van der Waals surface area contributed by atoms with Gasteiger partial charge >= 0.3 is 0 Å². The van der Waals surface area contributed by atoms with Gasteiger partial charge in [0.25, 0.3) is 5.91 Å². The van der Waals surface area contributed by atoms with Crippen LogP contribution in [0.5, 0.6) is 17.2 Å². The van der Waals surface area contributed by atoms with Crippen LogP contribution in [-0.2, 0) is 6.54 Å². The number of rotatable bonds is 5. The molecule has 5 rings (SSSR count). The first-order chi connectivity index (χ1) is 15.5. The number of aromatic nitrogens is 2. The van der Waals surface area contributed by atoms with Gasteiger partial charge < -0.3 is 24.3 Å². The molecular formula is C23H18ClN3O5. The molecule has 1 unspecified atom stereocenters. The zero-order valence-corrected chi connectivity index (χ0v) is 17.6. The Balaban J connectivity index is 1.70. The average molecular weight is 452 g/mol. The topological polar surface area (TPSA) is 112 Å². The van der Waals surface area contributed by atoms with Crippen LogP contribution in [-0.4, -0.2) is 38.3 Å². The lowest BCUT2D eigenvalue weighted by molar-refractivity contribution is 0.0717. The summed E-state index contributed by atoms with van der Waals surface area (Å²) in [6.07, 6.45) is 1.55. The lowest BCUT2D eigenvalue weighted by Crippen LogP contribution is -2.29. The normalized spacial score (nSPS) is 15.2. The molecule has 162 valence electrons. The van der Waals surface area contributed by atoms with Crippen LogP contribution in [0.2, 0.25) is 5.02 Å². The van der Waals surface area contributed by atoms with Crippen LogP contribution in [0.4, 0.5) is 0 Å². The minimum absolute atomic E-state index is 0.0114. The smallest absolute Gasteiger partial charge is 0.273 e. The van der Waals surface area contributed by atoms with Crippen LogP contribution in [0.1, 0.15) is 33.4 Å². The molecule has 0 aliphatic carbocycles. The number of nitrogens with one attached hydrogen (secondary N) is 1. The van der Waals surface area contributed by atoms with Gasteiger partial charge in [0.1, 0.15) is 22.9 Å². The van der Waals surface area contributed by atoms with E-state index >= 15 is 0 Å². The highest BCUT2D eigenvalue weighted by Crippen LogP contribution is 2.46. The number of halogens is 1. The van der Waals surface area contributed by atoms with Crippen molar-refractivity contribution in [3.63, 3.8) is 0 Å². The second-order valence-electron chi connectivity index (χ2n) is 7.37. The monoisotopic (exact) mass is 451 g/mol. The van der Waals surface area contributed by atoms with Gasteiger partial charge in [-0.2, -0.15) is 5.10 Å². The Kier molecular flexibility index (Phi) is 4.79. The number of amides is 1. The zero-order chi connectivity index (χ0) is 22.4. The summed E-state index contributed by atoms with van der Waals surface area (Å²) in [6, 6.07) is 12.5. The Morgan fingerprint density at radius 3 is 2.75 bits per heavy atom. The number of aromatic amines is 1. The molecule has 0 bridgehead atoms. The number of methoxy groups -OCH3 is 1. The Labute approximate surface area is 187 Å². The number of nitrogens with zero attached hydrogens (tertiary/aromatic N) is 2. The summed E-state index contributed by atoms with van der Waals surface area (Å²) in [5.41, 5.74) is 2.41. The van der Waals surface area contributed by atoms with Crippen LogP contribution < -0.4 is 4.74 Å². The first-order valence-electron chi connectivity index (χ1n) is 9.75. The molecule has 1 amide bonds. The van der Waals surface area contributed by atoms with Gasteiger partial charge in [-0.25, -0.2) is 0 Å². The van der Waals surface area contributed by atoms with Gasteiger partial charge in [0, 0.05) is 16.1 Å². The van der Waals surface area contributed by atoms with Gasteiger partial charge in [0.15, 0.2) is 11.5 Å². The first kappa shape index (κ1) is 20.0. The van der Waals surface area contributed by atoms with Crippen molar-refractivity contribution in [2.75, 3.05) is 7.11 Å². The second kappa shape index (κ2) is 7.65. The summed E-state index contributed by atoms with van der Waals surface area (Å²) in [7, 11) is 1.46. The zero-order valence-electron chi connectivity index (χ0n) is 16.9. The van der Waals surface area contributed by atoms with E-state index in [1.54, 1.807) is 47.6 Å². The van der Waals surface area contributed by atoms with E-state index in [0.717, 1.165) is 0 Å². The van der Waals surface area contributed by atoms with Crippen molar-refractivity contribution in [3.05, 3.63) is 82.4 Å². The van der Waals surface area contributed by atoms with Crippen molar-refractivity contribution in [1.82, 2.24) is 15.1 Å². The first-order valence-corrected chi connectivity index (χ1v) is 10.1. The number of benzene rings is 2. The average Bonchev–Trinajstić information content (AvgIpc) is 3.50. The molecule has 4 aromatic rings. The highest BCUT2D eigenvalue weighted by atomic mass is 35.5. The summed E-state index contributed by atoms with van der Waals surface area (Å²) >= 11 is 6.16. The maximum atomic E-state index is 13.4. The predicted molar refractivity (Wildman–Crippen MR) is 116 cm³/mol. The molecule has 0 fully saturated rings. The summed E-state index contributed by atoms with van der Waals surface area (Å²) in [5.74, 6) is 0.589. The molecule has 1 atom stereocenters. The van der Waals surface area contributed by atoms with Crippen LogP contribution in [0.15, 0.2) is 59.2 Å². The van der Waals surface area contributed by atoms with E-state index in [-0.39, 0.29) is 29.7 Å². The highest BCUT2D eigenvalue weighted by Gasteiger charge is 2.43. The van der Waals surface area contributed by atoms with Gasteiger partial charge in [-0.1, -0.05) is 17.7 Å². The molecule has 0 radical (unpaired) electrons. The van der Waals surface area contributed by atoms with Gasteiger partial charge in [-0.15, -0.1) is 0 Å². The van der Waals surface area contributed by atoms with Crippen molar-refractivity contribution in [3.8, 4) is 28.5 Å². The van der Waals surface area contributed by atoms with E-state index in [1.807, 2.05) is 0 Å². The molecule has 3 heterocycles. The number of phenolic OH excluding ortho intramolecular Hbond substituents is 2. The largest absolute Gasteiger partial charge is 0.507 e. The second-order valence-corrected chi connectivity index (χ2v) is 7.81. The number of aromatic hydroxyl groups is 2. The van der Waals surface area contributed by atoms with Crippen molar-refractivity contribution in [2.45, 2.75) is 12.6 Å². The molecule has 2 aromatic heterocycles. The fraction of sp³-hybridized carbons (Fsp3) is 0.130. The minimum atomic E-state index is -0.579. The number of hydrogen-bond donors (Lipinski definition) is 3. The summed E-state index contributed by atoms with van der Waals surface area (Å²) in [4.78, 5) is 15.0. The Morgan fingerprint density at radius 2 is 2.00 bits per heavy atom. The van der Waals surface area contributed by atoms with E-state index in [9.17, 15) is 15.0 Å². The van der Waals surface area contributed by atoms with E-state index in [0.29, 0.717) is 38.9 Å². The molecule has 3 N–H and O–H groups in total. The van der Waals surface area contributed by atoms with E-state index < -0.39 is 6.04 Å². The van der Waals surface area contributed by atoms with E-state index in [1.165, 1.54) is 19.2 Å². The van der Waals surface area contributed by atoms with Crippen LogP contribution in [0, 0.1) is 0 Å². The Morgan fingerprint density at radius 1 is 1.19 bits per heavy atom. The highest BCUT2D eigenvalue weighted by molar-refractivity contribution is 6.31. The van der Waals surface area contributed by atoms with Crippen LogP contribution in [0.25, 0.3) is 11.3 Å². The molecular weight excluding hydrogens is 434 g/mol. The number of carbonyl (C=O) groups is 1. The van der Waals surface area contributed by atoms with E-state index in [2.05, 4.69) is 10.2 Å². The quantitative estimate of drug-likeness (QED) is 0.412. The van der Waals surface area contributed by atoms with E-state index in [4.69, 9.17) is 20.8 Å². The van der Waals surface area contributed by atoms with Gasteiger partial charge in [0.05, 0.1) is 26.0 Å². The maximum absolute atomic E-state index is 13.4. The Hall–Kier alpha value is -3.91. The number of phenols is 2. The van der Waals surface area contributed by atoms with Gasteiger partial charge in [0.2, 0.25) is 0 Å². The number of H-pyrrole nitrogens is 1. The lowest BCUT2D eigenvalue weighted by Gasteiger charge is -2.26. The molecule has 1 aliphatic rings. The molecule has 1 aliphatic heterocycles. The standard InChI is InChI=1S/C23H18ClN3O5/c1-31-18-9-12(4-6-17(18)29)22-19-20(15-10-13(24)5-7-16(15)28)25-26-21(19)23(30)27(22)11-14-3-2-8-32-14/h2-10,22,28-29H,11H2,1H3,(H,25,26). The maximum Gasteiger partial charge on any atom is 0.273 e. The number of hydrogen-bond acceptors (Lipinski definition) is 6. The molecule has 0 spiro atoms. The van der Waals surface area contributed by atoms with Gasteiger partial charge in [-0.05, 0) is 48.0 Å². The van der Waals surface area contributed by atoms with Crippen molar-refractivity contribution in [1.29, 1.82) is 0 Å².